The molecule has 1 fully saturated rings. The molecule has 5 aromatic rings. The van der Waals surface area contributed by atoms with Crippen LogP contribution < -0.4 is 16.2 Å². The van der Waals surface area contributed by atoms with Gasteiger partial charge in [-0.3, -0.25) is 19.0 Å². The van der Waals surface area contributed by atoms with Gasteiger partial charge in [0.2, 0.25) is 11.7 Å². The molecule has 9 nitrogen and oxygen atoms in total. The van der Waals surface area contributed by atoms with Crippen molar-refractivity contribution in [2.45, 2.75) is 19.4 Å². The lowest BCUT2D eigenvalue weighted by molar-refractivity contribution is -0.114. The van der Waals surface area contributed by atoms with Gasteiger partial charge in [0.05, 0.1) is 34.2 Å². The monoisotopic (exact) mass is 513 g/mol. The fourth-order valence-corrected chi connectivity index (χ4v) is 5.49. The molecule has 0 radical (unpaired) electrons. The number of aromatic nitrogens is 3. The van der Waals surface area contributed by atoms with Crippen LogP contribution in [-0.4, -0.2) is 45.2 Å². The summed E-state index contributed by atoms with van der Waals surface area (Å²) < 4.78 is 8.91. The lowest BCUT2D eigenvalue weighted by atomic mass is 10.2. The summed E-state index contributed by atoms with van der Waals surface area (Å²) in [5.74, 6) is -0.733. The molecule has 0 saturated carbocycles. The number of amides is 2. The number of nitrogens with one attached hydrogen (secondary N) is 2. The highest BCUT2D eigenvalue weighted by molar-refractivity contribution is 7.20. The number of carbonyl (C=O) groups is 2. The quantitative estimate of drug-likeness (QED) is 0.371. The van der Waals surface area contributed by atoms with Gasteiger partial charge in [0.15, 0.2) is 0 Å². The van der Waals surface area contributed by atoms with Crippen molar-refractivity contribution in [2.75, 3.05) is 18.5 Å². The molecule has 1 aliphatic heterocycles. The molecule has 0 unspecified atom stereocenters. The molecule has 0 aliphatic carbocycles. The number of para-hydroxylation sites is 1. The number of fused-ring (bicyclic) bond motifs is 2. The van der Waals surface area contributed by atoms with Crippen molar-refractivity contribution in [3.63, 3.8) is 0 Å². The third kappa shape index (κ3) is 4.30. The maximum Gasteiger partial charge on any atom is 0.298 e. The summed E-state index contributed by atoms with van der Waals surface area (Å²) in [6.07, 6.45) is 2.74. The third-order valence-corrected chi connectivity index (χ3v) is 7.32. The Hall–Kier alpha value is -4.28. The van der Waals surface area contributed by atoms with Crippen LogP contribution in [0.1, 0.15) is 23.0 Å². The highest BCUT2D eigenvalue weighted by Gasteiger charge is 2.23. The van der Waals surface area contributed by atoms with E-state index >= 15 is 0 Å². The number of nitrogens with zero attached hydrogens (tertiary/aromatic N) is 3. The number of rotatable bonds is 5. The number of hydrogen-bond acceptors (Lipinski definition) is 6. The highest BCUT2D eigenvalue weighted by atomic mass is 32.1. The van der Waals surface area contributed by atoms with Crippen LogP contribution in [0.5, 0.6) is 0 Å². The smallest absolute Gasteiger partial charge is 0.298 e. The van der Waals surface area contributed by atoms with E-state index in [0.717, 1.165) is 23.0 Å². The Labute approximate surface area is 215 Å². The van der Waals surface area contributed by atoms with E-state index in [0.29, 0.717) is 34.1 Å². The first-order valence-corrected chi connectivity index (χ1v) is 12.7. The van der Waals surface area contributed by atoms with Gasteiger partial charge in [-0.1, -0.05) is 24.3 Å². The van der Waals surface area contributed by atoms with Crippen LogP contribution in [0, 0.1) is 0 Å². The van der Waals surface area contributed by atoms with Crippen LogP contribution >= 0.6 is 11.3 Å². The van der Waals surface area contributed by atoms with Crippen molar-refractivity contribution in [1.82, 2.24) is 19.4 Å². The minimum absolute atomic E-state index is 0.0454. The van der Waals surface area contributed by atoms with Gasteiger partial charge in [-0.05, 0) is 42.8 Å². The molecule has 3 aromatic heterocycles. The predicted molar refractivity (Wildman–Crippen MR) is 143 cm³/mol. The molecule has 4 heterocycles. The first-order valence-electron chi connectivity index (χ1n) is 11.9. The zero-order chi connectivity index (χ0) is 25.5. The number of ether oxygens (including phenoxy) is 1. The molecule has 2 aromatic carbocycles. The van der Waals surface area contributed by atoms with Gasteiger partial charge in [-0.2, -0.15) is 0 Å². The van der Waals surface area contributed by atoms with Crippen LogP contribution in [0.25, 0.3) is 32.6 Å². The Morgan fingerprint density at radius 1 is 1.05 bits per heavy atom. The summed E-state index contributed by atoms with van der Waals surface area (Å²) in [7, 11) is 0. The van der Waals surface area contributed by atoms with Gasteiger partial charge >= 0.3 is 0 Å². The fraction of sp³-hybridized carbons (Fsp3) is 0.185. The van der Waals surface area contributed by atoms with Crippen molar-refractivity contribution in [2.24, 2.45) is 0 Å². The number of carbonyl (C=O) groups excluding carboxylic acids is 2. The molecule has 2 N–H and O–H groups in total. The normalized spacial score (nSPS) is 15.3. The van der Waals surface area contributed by atoms with Crippen LogP contribution in [0.3, 0.4) is 0 Å². The second kappa shape index (κ2) is 9.30. The van der Waals surface area contributed by atoms with E-state index in [-0.39, 0.29) is 17.8 Å². The van der Waals surface area contributed by atoms with Crippen LogP contribution in [0.2, 0.25) is 0 Å². The topological polar surface area (TPSA) is 107 Å². The lowest BCUT2D eigenvalue weighted by Gasteiger charge is -2.12. The molecule has 2 amide bonds. The van der Waals surface area contributed by atoms with E-state index in [1.807, 2.05) is 65.4 Å². The maximum absolute atomic E-state index is 13.6. The summed E-state index contributed by atoms with van der Waals surface area (Å²) >= 11 is 1.17. The van der Waals surface area contributed by atoms with Crippen molar-refractivity contribution in [3.05, 3.63) is 82.1 Å². The Bertz CT molecular complexity index is 1710. The second-order valence-electron chi connectivity index (χ2n) is 8.88. The summed E-state index contributed by atoms with van der Waals surface area (Å²) in [4.78, 5) is 43.6. The minimum atomic E-state index is -0.478. The lowest BCUT2D eigenvalue weighted by Crippen LogP contribution is -2.34. The molecular weight excluding hydrogens is 490 g/mol. The predicted octanol–water partition coefficient (Wildman–Crippen LogP) is 3.87. The SMILES string of the molecule is CC(=O)Nc1nc2sc(C(=O)N[C@@H]3CCOC3)cc2n(-c2ccc3ccn(-c4ccccc4)c3c2)c1=O. The molecule has 1 saturated heterocycles. The van der Waals surface area contributed by atoms with Gasteiger partial charge in [-0.25, -0.2) is 4.98 Å². The maximum atomic E-state index is 13.6. The zero-order valence-corrected chi connectivity index (χ0v) is 20.7. The average Bonchev–Trinajstić information content (AvgIpc) is 3.64. The van der Waals surface area contributed by atoms with Crippen molar-refractivity contribution in [1.29, 1.82) is 0 Å². The van der Waals surface area contributed by atoms with Crippen molar-refractivity contribution in [3.8, 4) is 11.4 Å². The molecule has 37 heavy (non-hydrogen) atoms. The molecular formula is C27H23N5O4S. The van der Waals surface area contributed by atoms with Crippen LogP contribution in [-0.2, 0) is 9.53 Å². The van der Waals surface area contributed by atoms with E-state index < -0.39 is 11.5 Å². The van der Waals surface area contributed by atoms with E-state index in [1.165, 1.54) is 22.8 Å². The van der Waals surface area contributed by atoms with Crippen LogP contribution in [0.15, 0.2) is 71.7 Å². The number of thiophene rings is 1. The van der Waals surface area contributed by atoms with Crippen molar-refractivity contribution >= 4 is 50.2 Å². The first-order chi connectivity index (χ1) is 18.0. The summed E-state index contributed by atoms with van der Waals surface area (Å²) in [5.41, 5.74) is 2.52. The van der Waals surface area contributed by atoms with Gasteiger partial charge in [0, 0.05) is 30.8 Å². The number of benzene rings is 2. The Morgan fingerprint density at radius 2 is 1.89 bits per heavy atom. The molecule has 0 spiro atoms. The Kier molecular flexibility index (Phi) is 5.82. The summed E-state index contributed by atoms with van der Waals surface area (Å²) in [5, 5.41) is 6.54. The summed E-state index contributed by atoms with van der Waals surface area (Å²) in [6.45, 7) is 2.42. The standard InChI is InChI=1S/C27H23N5O4S/c1-16(33)28-24-27(35)32(22-14-23(37-26(22)30-24)25(34)29-18-10-12-36-15-18)20-8-7-17-9-11-31(21(17)13-20)19-5-3-2-4-6-19/h2-9,11,13-14,18H,10,12,15H2,1H3,(H,29,34)(H,28,30,33)/t18-/m1/s1. The molecule has 1 aliphatic rings. The molecule has 6 rings (SSSR count). The van der Waals surface area contributed by atoms with Crippen molar-refractivity contribution < 1.29 is 14.3 Å². The molecule has 10 heteroatoms. The van der Waals surface area contributed by atoms with Crippen LogP contribution in [0.4, 0.5) is 5.82 Å². The van der Waals surface area contributed by atoms with Gasteiger partial charge < -0.3 is 19.9 Å². The van der Waals surface area contributed by atoms with E-state index in [4.69, 9.17) is 4.74 Å². The highest BCUT2D eigenvalue weighted by Crippen LogP contribution is 2.29. The van der Waals surface area contributed by atoms with Gasteiger partial charge in [0.1, 0.15) is 4.83 Å². The average molecular weight is 514 g/mol. The first kappa shape index (κ1) is 23.1. The fourth-order valence-electron chi connectivity index (χ4n) is 4.57. The Balaban J connectivity index is 1.51. The third-order valence-electron chi connectivity index (χ3n) is 6.31. The van der Waals surface area contributed by atoms with Gasteiger partial charge in [-0.15, -0.1) is 11.3 Å². The van der Waals surface area contributed by atoms with E-state index in [9.17, 15) is 14.4 Å². The minimum Gasteiger partial charge on any atom is -0.379 e. The molecule has 1 atom stereocenters. The van der Waals surface area contributed by atoms with Gasteiger partial charge in [0.25, 0.3) is 11.5 Å². The second-order valence-corrected chi connectivity index (χ2v) is 9.91. The Morgan fingerprint density at radius 3 is 2.65 bits per heavy atom. The van der Waals surface area contributed by atoms with E-state index in [1.54, 1.807) is 6.07 Å². The molecule has 0 bridgehead atoms. The largest absolute Gasteiger partial charge is 0.379 e. The zero-order valence-electron chi connectivity index (χ0n) is 19.9. The van der Waals surface area contributed by atoms with E-state index in [2.05, 4.69) is 15.6 Å². The number of hydrogen-bond donors (Lipinski definition) is 2. The number of anilines is 1. The summed E-state index contributed by atoms with van der Waals surface area (Å²) in [6, 6.07) is 19.3. The molecule has 186 valence electrons.